The molecule has 1 aromatic heterocycles. The fourth-order valence-electron chi connectivity index (χ4n) is 4.16. The van der Waals surface area contributed by atoms with E-state index in [4.69, 9.17) is 0 Å². The SMILES string of the molecule is Cc1ccc(/C=N/NC(=O)c2scc(C)c2NC(=O)c2cccc(CN3CCC(O)CC3)c2)cc1C. The number of carbonyl (C=O) groups excluding carboxylic acids is 2. The molecular formula is C28H32N4O3S. The van der Waals surface area contributed by atoms with Gasteiger partial charge in [-0.3, -0.25) is 14.5 Å². The van der Waals surface area contributed by atoms with E-state index in [1.54, 1.807) is 12.3 Å². The molecule has 0 aliphatic carbocycles. The molecule has 3 N–H and O–H groups in total. The van der Waals surface area contributed by atoms with Gasteiger partial charge in [0.25, 0.3) is 11.8 Å². The van der Waals surface area contributed by atoms with Gasteiger partial charge in [0, 0.05) is 25.2 Å². The third-order valence-electron chi connectivity index (χ3n) is 6.48. The van der Waals surface area contributed by atoms with Gasteiger partial charge in [0.15, 0.2) is 0 Å². The molecule has 1 aliphatic rings. The van der Waals surface area contributed by atoms with Crippen LogP contribution in [0.3, 0.4) is 0 Å². The Hall–Kier alpha value is -3.33. The van der Waals surface area contributed by atoms with Crippen LogP contribution in [0.1, 0.15) is 60.7 Å². The first-order valence-electron chi connectivity index (χ1n) is 12.1. The number of nitrogens with one attached hydrogen (secondary N) is 2. The number of rotatable bonds is 7. The summed E-state index contributed by atoms with van der Waals surface area (Å²) in [7, 11) is 0. The molecule has 2 heterocycles. The van der Waals surface area contributed by atoms with Gasteiger partial charge < -0.3 is 10.4 Å². The molecular weight excluding hydrogens is 472 g/mol. The number of likely N-dealkylation sites (tertiary alicyclic amines) is 1. The van der Waals surface area contributed by atoms with Crippen LogP contribution >= 0.6 is 11.3 Å². The van der Waals surface area contributed by atoms with Gasteiger partial charge in [0.2, 0.25) is 0 Å². The Morgan fingerprint density at radius 3 is 2.58 bits per heavy atom. The van der Waals surface area contributed by atoms with Crippen molar-refractivity contribution in [2.24, 2.45) is 5.10 Å². The van der Waals surface area contributed by atoms with E-state index in [1.807, 2.05) is 62.5 Å². The molecule has 0 spiro atoms. The van der Waals surface area contributed by atoms with Crippen molar-refractivity contribution in [1.29, 1.82) is 0 Å². The minimum Gasteiger partial charge on any atom is -0.393 e. The van der Waals surface area contributed by atoms with Crippen LogP contribution in [-0.4, -0.2) is 47.2 Å². The van der Waals surface area contributed by atoms with Crippen LogP contribution < -0.4 is 10.7 Å². The lowest BCUT2D eigenvalue weighted by Gasteiger charge is -2.29. The number of anilines is 1. The van der Waals surface area contributed by atoms with Crippen molar-refractivity contribution in [3.63, 3.8) is 0 Å². The maximum Gasteiger partial charge on any atom is 0.283 e. The molecule has 0 bridgehead atoms. The first-order valence-corrected chi connectivity index (χ1v) is 13.0. The van der Waals surface area contributed by atoms with E-state index >= 15 is 0 Å². The molecule has 1 fully saturated rings. The number of hydrazone groups is 1. The molecule has 36 heavy (non-hydrogen) atoms. The first-order chi connectivity index (χ1) is 17.3. The third-order valence-corrected chi connectivity index (χ3v) is 7.58. The number of hydrogen-bond donors (Lipinski definition) is 3. The normalized spacial score (nSPS) is 14.8. The number of aliphatic hydroxyl groups excluding tert-OH is 1. The van der Waals surface area contributed by atoms with E-state index in [1.165, 1.54) is 16.9 Å². The van der Waals surface area contributed by atoms with Crippen molar-refractivity contribution in [2.75, 3.05) is 18.4 Å². The highest BCUT2D eigenvalue weighted by Crippen LogP contribution is 2.28. The fourth-order valence-corrected chi connectivity index (χ4v) is 5.06. The Balaban J connectivity index is 1.41. The molecule has 0 atom stereocenters. The molecule has 4 rings (SSSR count). The second-order valence-corrected chi connectivity index (χ2v) is 10.2. The molecule has 2 amide bonds. The summed E-state index contributed by atoms with van der Waals surface area (Å²) in [6.07, 6.45) is 2.95. The third kappa shape index (κ3) is 6.46. The molecule has 3 aromatic rings. The first kappa shape index (κ1) is 25.8. The second kappa shape index (κ2) is 11.6. The summed E-state index contributed by atoms with van der Waals surface area (Å²) in [5.41, 5.74) is 8.72. The predicted octanol–water partition coefficient (Wildman–Crippen LogP) is 4.65. The lowest BCUT2D eigenvalue weighted by Crippen LogP contribution is -2.35. The second-order valence-electron chi connectivity index (χ2n) is 9.33. The predicted molar refractivity (Wildman–Crippen MR) is 145 cm³/mol. The standard InChI is InChI=1S/C28H32N4O3S/c1-18-7-8-21(13-19(18)2)15-29-31-28(35)26-25(20(3)17-36-26)30-27(34)23-6-4-5-22(14-23)16-32-11-9-24(33)10-12-32/h4-8,13-15,17,24,33H,9-12,16H2,1-3H3,(H,30,34)(H,31,35)/b29-15+. The smallest absolute Gasteiger partial charge is 0.283 e. The number of carbonyl (C=O) groups is 2. The summed E-state index contributed by atoms with van der Waals surface area (Å²) in [6.45, 7) is 8.36. The lowest BCUT2D eigenvalue weighted by atomic mass is 10.1. The van der Waals surface area contributed by atoms with Gasteiger partial charge >= 0.3 is 0 Å². The van der Waals surface area contributed by atoms with Crippen LogP contribution in [-0.2, 0) is 6.54 Å². The van der Waals surface area contributed by atoms with E-state index in [2.05, 4.69) is 20.7 Å². The van der Waals surface area contributed by atoms with Crippen LogP contribution in [0.25, 0.3) is 0 Å². The molecule has 188 valence electrons. The van der Waals surface area contributed by atoms with Gasteiger partial charge in [-0.05, 0) is 78.9 Å². The average Bonchev–Trinajstić information content (AvgIpc) is 3.23. The van der Waals surface area contributed by atoms with Crippen LogP contribution in [0.4, 0.5) is 5.69 Å². The Labute approximate surface area is 215 Å². The number of amides is 2. The maximum atomic E-state index is 13.1. The molecule has 1 aliphatic heterocycles. The largest absolute Gasteiger partial charge is 0.393 e. The highest BCUT2D eigenvalue weighted by molar-refractivity contribution is 7.13. The number of hydrogen-bond acceptors (Lipinski definition) is 6. The Morgan fingerprint density at radius 2 is 1.83 bits per heavy atom. The Bertz CT molecular complexity index is 1280. The number of aryl methyl sites for hydroxylation is 3. The van der Waals surface area contributed by atoms with Crippen LogP contribution in [0.2, 0.25) is 0 Å². The van der Waals surface area contributed by atoms with Crippen LogP contribution in [0.15, 0.2) is 52.9 Å². The molecule has 1 saturated heterocycles. The lowest BCUT2D eigenvalue weighted by molar-refractivity contribution is 0.0792. The fraction of sp³-hybridized carbons (Fsp3) is 0.321. The topological polar surface area (TPSA) is 94.0 Å². The summed E-state index contributed by atoms with van der Waals surface area (Å²) >= 11 is 1.27. The minimum absolute atomic E-state index is 0.212. The van der Waals surface area contributed by atoms with Crippen molar-refractivity contribution in [3.05, 3.63) is 86.1 Å². The summed E-state index contributed by atoms with van der Waals surface area (Å²) in [5.74, 6) is -0.635. The van der Waals surface area contributed by atoms with Gasteiger partial charge in [0.05, 0.1) is 18.0 Å². The summed E-state index contributed by atoms with van der Waals surface area (Å²) in [5, 5.41) is 18.6. The van der Waals surface area contributed by atoms with E-state index in [0.29, 0.717) is 16.1 Å². The van der Waals surface area contributed by atoms with E-state index in [9.17, 15) is 14.7 Å². The van der Waals surface area contributed by atoms with Crippen molar-refractivity contribution < 1.29 is 14.7 Å². The van der Waals surface area contributed by atoms with Crippen molar-refractivity contribution in [3.8, 4) is 0 Å². The Kier molecular flexibility index (Phi) is 8.30. The maximum absolute atomic E-state index is 13.1. The highest BCUT2D eigenvalue weighted by Gasteiger charge is 2.20. The van der Waals surface area contributed by atoms with Crippen LogP contribution in [0, 0.1) is 20.8 Å². The van der Waals surface area contributed by atoms with E-state index in [-0.39, 0.29) is 17.9 Å². The minimum atomic E-state index is -0.371. The number of aliphatic hydroxyl groups is 1. The number of nitrogens with zero attached hydrogens (tertiary/aromatic N) is 2. The summed E-state index contributed by atoms with van der Waals surface area (Å²) in [6, 6.07) is 13.5. The summed E-state index contributed by atoms with van der Waals surface area (Å²) < 4.78 is 0. The number of thiophene rings is 1. The highest BCUT2D eigenvalue weighted by atomic mass is 32.1. The average molecular weight is 505 g/mol. The van der Waals surface area contributed by atoms with E-state index in [0.717, 1.165) is 54.7 Å². The van der Waals surface area contributed by atoms with Gasteiger partial charge in [-0.1, -0.05) is 30.3 Å². The Morgan fingerprint density at radius 1 is 1.06 bits per heavy atom. The number of benzene rings is 2. The van der Waals surface area contributed by atoms with E-state index < -0.39 is 0 Å². The van der Waals surface area contributed by atoms with Gasteiger partial charge in [0.1, 0.15) is 4.88 Å². The van der Waals surface area contributed by atoms with Gasteiger partial charge in [-0.25, -0.2) is 5.43 Å². The zero-order chi connectivity index (χ0) is 25.7. The molecule has 0 saturated carbocycles. The van der Waals surface area contributed by atoms with Crippen LogP contribution in [0.5, 0.6) is 0 Å². The molecule has 7 nitrogen and oxygen atoms in total. The monoisotopic (exact) mass is 504 g/mol. The zero-order valence-corrected chi connectivity index (χ0v) is 21.7. The molecule has 8 heteroatoms. The van der Waals surface area contributed by atoms with Gasteiger partial charge in [-0.2, -0.15) is 5.10 Å². The van der Waals surface area contributed by atoms with Crippen molar-refractivity contribution in [2.45, 2.75) is 46.3 Å². The quantitative estimate of drug-likeness (QED) is 0.323. The van der Waals surface area contributed by atoms with Crippen molar-refractivity contribution in [1.82, 2.24) is 10.3 Å². The molecule has 2 aromatic carbocycles. The zero-order valence-electron chi connectivity index (χ0n) is 20.9. The molecule has 0 radical (unpaired) electrons. The molecule has 0 unspecified atom stereocenters. The number of piperidine rings is 1. The van der Waals surface area contributed by atoms with Crippen molar-refractivity contribution >= 4 is 35.1 Å². The van der Waals surface area contributed by atoms with Gasteiger partial charge in [-0.15, -0.1) is 11.3 Å². The summed E-state index contributed by atoms with van der Waals surface area (Å²) in [4.78, 5) is 28.6.